The van der Waals surface area contributed by atoms with E-state index in [1.807, 2.05) is 0 Å². The lowest BCUT2D eigenvalue weighted by Crippen LogP contribution is -2.58. The van der Waals surface area contributed by atoms with Crippen molar-refractivity contribution >= 4 is 35.6 Å². The van der Waals surface area contributed by atoms with Crippen LogP contribution in [0, 0.1) is 0 Å². The van der Waals surface area contributed by atoms with Crippen molar-refractivity contribution < 1.29 is 39.2 Å². The molecule has 0 spiro atoms. The fraction of sp³-hybridized carbons (Fsp3) is 0.500. The molecule has 3 amide bonds. The van der Waals surface area contributed by atoms with Crippen LogP contribution in [0.25, 0.3) is 0 Å². The first-order valence-corrected chi connectivity index (χ1v) is 10.9. The van der Waals surface area contributed by atoms with Crippen molar-refractivity contribution in [2.24, 2.45) is 0 Å². The van der Waals surface area contributed by atoms with Crippen LogP contribution in [0.3, 0.4) is 0 Å². The van der Waals surface area contributed by atoms with E-state index >= 15 is 0 Å². The highest BCUT2D eigenvalue weighted by Crippen LogP contribution is 2.51. The molecule has 3 heterocycles. The summed E-state index contributed by atoms with van der Waals surface area (Å²) in [6.07, 6.45) is 0.166. The van der Waals surface area contributed by atoms with Crippen molar-refractivity contribution in [3.63, 3.8) is 0 Å². The minimum Gasteiger partial charge on any atom is -0.504 e. The molecule has 172 valence electrons. The zero-order valence-electron chi connectivity index (χ0n) is 17.2. The van der Waals surface area contributed by atoms with Gasteiger partial charge in [-0.25, -0.2) is 9.59 Å². The molecule has 3 aliphatic heterocycles. The Morgan fingerprint density at radius 2 is 2.03 bits per heavy atom. The molecule has 4 rings (SSSR count). The first-order chi connectivity index (χ1) is 15.1. The lowest BCUT2D eigenvalue weighted by molar-refractivity contribution is -0.158. The van der Waals surface area contributed by atoms with Crippen LogP contribution in [0.1, 0.15) is 30.1 Å². The number of carboxylic acids is 1. The number of β-lactam (4-membered cyclic amide) rings is 1. The first-order valence-electron chi connectivity index (χ1n) is 10.1. The quantitative estimate of drug-likeness (QED) is 0.360. The van der Waals surface area contributed by atoms with Crippen LogP contribution in [0.15, 0.2) is 18.2 Å². The van der Waals surface area contributed by atoms with Crippen molar-refractivity contribution in [3.8, 4) is 11.5 Å². The normalized spacial score (nSPS) is 28.8. The average Bonchev–Trinajstić information content (AvgIpc) is 3.28. The molecule has 11 nitrogen and oxygen atoms in total. The van der Waals surface area contributed by atoms with Crippen molar-refractivity contribution in [2.45, 2.75) is 42.0 Å². The Balaban J connectivity index is 1.30. The molecule has 3 fully saturated rings. The van der Waals surface area contributed by atoms with Crippen molar-refractivity contribution in [3.05, 3.63) is 23.8 Å². The lowest BCUT2D eigenvalue weighted by Gasteiger charge is -2.36. The molecule has 32 heavy (non-hydrogen) atoms. The van der Waals surface area contributed by atoms with Gasteiger partial charge in [0.1, 0.15) is 12.6 Å². The summed E-state index contributed by atoms with van der Waals surface area (Å²) in [7, 11) is 0. The number of nitrogens with zero attached hydrogens (tertiary/aromatic N) is 2. The number of aliphatic carboxylic acids is 1. The number of phenolic OH excluding ortho intramolecular Hbond substituents is 2. The SMILES string of the molecule is C[C@@]1(COC(=O)N2CCC(NC(=O)c3ccc(O)c(O)c3)C2)S[C@@H]2CC(=O)N2[C@H]1C(=O)O. The third kappa shape index (κ3) is 3.90. The third-order valence-corrected chi connectivity index (χ3v) is 7.49. The number of carbonyl (C=O) groups is 4. The van der Waals surface area contributed by atoms with Gasteiger partial charge in [-0.15, -0.1) is 11.8 Å². The summed E-state index contributed by atoms with van der Waals surface area (Å²) >= 11 is 1.33. The van der Waals surface area contributed by atoms with Crippen molar-refractivity contribution in [2.75, 3.05) is 19.7 Å². The minimum absolute atomic E-state index is 0.159. The van der Waals surface area contributed by atoms with Crippen LogP contribution in [0.4, 0.5) is 4.79 Å². The molecule has 1 unspecified atom stereocenters. The number of nitrogens with one attached hydrogen (secondary N) is 1. The van der Waals surface area contributed by atoms with Gasteiger partial charge in [0.2, 0.25) is 5.91 Å². The number of hydrogen-bond acceptors (Lipinski definition) is 8. The fourth-order valence-electron chi connectivity index (χ4n) is 4.25. The van der Waals surface area contributed by atoms with Gasteiger partial charge in [0.15, 0.2) is 11.5 Å². The van der Waals surface area contributed by atoms with E-state index in [1.165, 1.54) is 33.7 Å². The molecular formula is C20H23N3O8S. The number of rotatable bonds is 5. The smallest absolute Gasteiger partial charge is 0.409 e. The molecule has 0 saturated carbocycles. The monoisotopic (exact) mass is 465 g/mol. The highest BCUT2D eigenvalue weighted by molar-refractivity contribution is 8.01. The van der Waals surface area contributed by atoms with Crippen LogP contribution < -0.4 is 5.32 Å². The predicted molar refractivity (Wildman–Crippen MR) is 111 cm³/mol. The highest BCUT2D eigenvalue weighted by Gasteiger charge is 2.61. The Hall–Kier alpha value is -3.15. The third-order valence-electron chi connectivity index (χ3n) is 5.94. The summed E-state index contributed by atoms with van der Waals surface area (Å²) in [6, 6.07) is 2.36. The fourth-order valence-corrected chi connectivity index (χ4v) is 5.92. The predicted octanol–water partition coefficient (Wildman–Crippen LogP) is 0.556. The van der Waals surface area contributed by atoms with Gasteiger partial charge in [-0.05, 0) is 31.5 Å². The molecule has 4 atom stereocenters. The molecule has 0 radical (unpaired) electrons. The minimum atomic E-state index is -1.13. The van der Waals surface area contributed by atoms with E-state index in [2.05, 4.69) is 5.32 Å². The Morgan fingerprint density at radius 3 is 2.69 bits per heavy atom. The molecule has 1 aromatic carbocycles. The van der Waals surface area contributed by atoms with E-state index < -0.39 is 34.5 Å². The summed E-state index contributed by atoms with van der Waals surface area (Å²) in [5, 5.41) is 31.0. The van der Waals surface area contributed by atoms with Gasteiger partial charge in [-0.1, -0.05) is 0 Å². The van der Waals surface area contributed by atoms with Gasteiger partial charge in [-0.3, -0.25) is 9.59 Å². The number of carbonyl (C=O) groups excluding carboxylic acids is 3. The molecule has 4 N–H and O–H groups in total. The lowest BCUT2D eigenvalue weighted by atomic mass is 9.97. The molecular weight excluding hydrogens is 442 g/mol. The summed E-state index contributed by atoms with van der Waals surface area (Å²) in [5.41, 5.74) is 0.173. The van der Waals surface area contributed by atoms with Crippen LogP contribution in [0.5, 0.6) is 11.5 Å². The van der Waals surface area contributed by atoms with Crippen LogP contribution >= 0.6 is 11.8 Å². The number of carboxylic acid groups (broad SMARTS) is 1. The van der Waals surface area contributed by atoms with Crippen LogP contribution in [-0.4, -0.2) is 90.9 Å². The molecule has 0 bridgehead atoms. The molecule has 1 aromatic rings. The van der Waals surface area contributed by atoms with Gasteiger partial charge in [0, 0.05) is 24.7 Å². The Kier molecular flexibility index (Phi) is 5.57. The number of fused-ring (bicyclic) bond motifs is 1. The van der Waals surface area contributed by atoms with Crippen LogP contribution in [0.2, 0.25) is 0 Å². The summed E-state index contributed by atoms with van der Waals surface area (Å²) in [4.78, 5) is 51.2. The van der Waals surface area contributed by atoms with E-state index in [-0.39, 0.29) is 48.2 Å². The second-order valence-corrected chi connectivity index (χ2v) is 10.0. The maximum atomic E-state index is 12.5. The number of phenols is 2. The topological polar surface area (TPSA) is 157 Å². The number of aromatic hydroxyl groups is 2. The number of benzene rings is 1. The number of amides is 3. The Morgan fingerprint density at radius 1 is 1.28 bits per heavy atom. The van der Waals surface area contributed by atoms with Gasteiger partial charge >= 0.3 is 12.1 Å². The van der Waals surface area contributed by atoms with Crippen LogP contribution in [-0.2, 0) is 14.3 Å². The van der Waals surface area contributed by atoms with Crippen molar-refractivity contribution in [1.82, 2.24) is 15.1 Å². The Labute approximate surface area is 187 Å². The highest BCUT2D eigenvalue weighted by atomic mass is 32.2. The zero-order chi connectivity index (χ0) is 23.2. The van der Waals surface area contributed by atoms with E-state index in [0.717, 1.165) is 6.07 Å². The van der Waals surface area contributed by atoms with Gasteiger partial charge in [0.05, 0.1) is 16.5 Å². The molecule has 3 saturated heterocycles. The number of likely N-dealkylation sites (tertiary alicyclic amines) is 1. The summed E-state index contributed by atoms with van der Waals surface area (Å²) in [5.74, 6) is -2.53. The molecule has 12 heteroatoms. The largest absolute Gasteiger partial charge is 0.504 e. The van der Waals surface area contributed by atoms with E-state index in [1.54, 1.807) is 6.92 Å². The van der Waals surface area contributed by atoms with E-state index in [9.17, 15) is 34.5 Å². The zero-order valence-corrected chi connectivity index (χ0v) is 18.0. The Bertz CT molecular complexity index is 988. The van der Waals surface area contributed by atoms with Crippen molar-refractivity contribution in [1.29, 1.82) is 0 Å². The number of hydrogen-bond donors (Lipinski definition) is 4. The second-order valence-electron chi connectivity index (χ2n) is 8.29. The van der Waals surface area contributed by atoms with Gasteiger partial charge in [-0.2, -0.15) is 0 Å². The van der Waals surface area contributed by atoms with Gasteiger partial charge in [0.25, 0.3) is 5.91 Å². The van der Waals surface area contributed by atoms with E-state index in [0.29, 0.717) is 13.0 Å². The molecule has 3 aliphatic rings. The van der Waals surface area contributed by atoms with Gasteiger partial charge < -0.3 is 35.2 Å². The van der Waals surface area contributed by atoms with E-state index in [4.69, 9.17) is 4.74 Å². The maximum absolute atomic E-state index is 12.5. The average molecular weight is 465 g/mol. The first kappa shape index (κ1) is 22.1. The molecule has 0 aromatic heterocycles. The number of thioether (sulfide) groups is 1. The number of ether oxygens (including phenoxy) is 1. The second kappa shape index (κ2) is 8.08. The maximum Gasteiger partial charge on any atom is 0.409 e. The standard InChI is InChI=1S/C20H23N3O8S/c1-20(16(18(28)29)23-14(26)7-15(23)32-20)9-31-19(30)22-5-4-11(8-22)21-17(27)10-2-3-12(24)13(25)6-10/h2-3,6,11,15-16,24-25H,4-5,7-9H2,1H3,(H,21,27)(H,28,29)/t11?,15-,16+,20+/m1/s1. The summed E-state index contributed by atoms with van der Waals surface area (Å²) in [6.45, 7) is 2.08. The molecule has 0 aliphatic carbocycles. The summed E-state index contributed by atoms with van der Waals surface area (Å²) < 4.78 is 4.46.